The third-order valence-corrected chi connectivity index (χ3v) is 5.95. The van der Waals surface area contributed by atoms with Gasteiger partial charge in [-0.25, -0.2) is 0 Å². The number of carbonyl (C=O) groups excluding carboxylic acids is 6. The number of carbonyl (C=O) groups is 6. The number of benzene rings is 1. The van der Waals surface area contributed by atoms with Crippen LogP contribution in [-0.2, 0) is 42.9 Å². The van der Waals surface area contributed by atoms with E-state index in [1.54, 1.807) is 0 Å². The van der Waals surface area contributed by atoms with Crippen LogP contribution in [0.1, 0.15) is 66.8 Å². The Balaban J connectivity index is 2.14. The third-order valence-electron chi connectivity index (χ3n) is 5.95. The molecule has 1 heterocycles. The van der Waals surface area contributed by atoms with Crippen LogP contribution in [0.3, 0.4) is 0 Å². The minimum absolute atomic E-state index is 0.151. The highest BCUT2D eigenvalue weighted by Crippen LogP contribution is 2.46. The number of fused-ring (bicyclic) bond motifs is 1. The highest BCUT2D eigenvalue weighted by atomic mass is 16.7. The van der Waals surface area contributed by atoms with Crippen LogP contribution in [-0.4, -0.2) is 83.0 Å². The first-order valence-electron chi connectivity index (χ1n) is 11.8. The number of phenolic OH excluding ortho intramolecular Hbond substituents is 2. The molecule has 0 saturated carbocycles. The molecule has 0 amide bonds. The number of Topliss-reactive ketones (excluding diaryl/α,β-unsaturated/α-hetero) is 2. The summed E-state index contributed by atoms with van der Waals surface area (Å²) in [6.07, 6.45) is -8.05. The molecule has 39 heavy (non-hydrogen) atoms. The van der Waals surface area contributed by atoms with Crippen molar-refractivity contribution in [3.63, 3.8) is 0 Å². The number of rotatable bonds is 7. The second kappa shape index (κ2) is 11.7. The highest BCUT2D eigenvalue weighted by molar-refractivity contribution is 6.17. The molecule has 5 atom stereocenters. The van der Waals surface area contributed by atoms with Gasteiger partial charge in [0, 0.05) is 46.1 Å². The number of phenols is 2. The van der Waals surface area contributed by atoms with Crippen molar-refractivity contribution in [2.45, 2.75) is 78.2 Å². The normalized spacial score (nSPS) is 24.3. The van der Waals surface area contributed by atoms with Crippen LogP contribution < -0.4 is 4.74 Å². The summed E-state index contributed by atoms with van der Waals surface area (Å²) in [4.78, 5) is 72.3. The molecule has 3 rings (SSSR count). The Hall–Kier alpha value is -4.20. The Bertz CT molecular complexity index is 1220. The topological polar surface area (TPSA) is 198 Å². The van der Waals surface area contributed by atoms with Crippen molar-refractivity contribution in [2.75, 3.05) is 6.61 Å². The van der Waals surface area contributed by atoms with Crippen LogP contribution in [0, 0.1) is 6.92 Å². The Morgan fingerprint density at radius 3 is 1.77 bits per heavy atom. The van der Waals surface area contributed by atoms with Crippen molar-refractivity contribution in [1.29, 1.82) is 0 Å². The lowest BCUT2D eigenvalue weighted by Gasteiger charge is -2.44. The van der Waals surface area contributed by atoms with Crippen molar-refractivity contribution >= 4 is 35.4 Å². The Kier molecular flexibility index (Phi) is 8.79. The molecule has 1 fully saturated rings. The van der Waals surface area contributed by atoms with Gasteiger partial charge in [0.1, 0.15) is 18.5 Å². The van der Waals surface area contributed by atoms with Gasteiger partial charge < -0.3 is 38.6 Å². The van der Waals surface area contributed by atoms with Crippen molar-refractivity contribution in [2.24, 2.45) is 0 Å². The molecule has 1 aromatic rings. The quantitative estimate of drug-likeness (QED) is 0.276. The highest BCUT2D eigenvalue weighted by Gasteiger charge is 2.54. The number of ether oxygens (including phenoxy) is 6. The fourth-order valence-corrected chi connectivity index (χ4v) is 4.39. The van der Waals surface area contributed by atoms with Crippen molar-refractivity contribution < 1.29 is 67.4 Å². The molecule has 2 N–H and O–H groups in total. The maximum Gasteiger partial charge on any atom is 0.303 e. The molecule has 0 spiro atoms. The van der Waals surface area contributed by atoms with Crippen LogP contribution in [0.4, 0.5) is 0 Å². The fraction of sp³-hybridized carbons (Fsp3) is 0.520. The predicted molar refractivity (Wildman–Crippen MR) is 125 cm³/mol. The van der Waals surface area contributed by atoms with Gasteiger partial charge >= 0.3 is 23.9 Å². The molecule has 1 saturated heterocycles. The Morgan fingerprint density at radius 2 is 1.26 bits per heavy atom. The number of esters is 4. The number of aromatic hydroxyl groups is 2. The van der Waals surface area contributed by atoms with E-state index in [9.17, 15) is 39.0 Å². The largest absolute Gasteiger partial charge is 0.507 e. The van der Waals surface area contributed by atoms with Crippen LogP contribution in [0.15, 0.2) is 0 Å². The first-order chi connectivity index (χ1) is 18.2. The zero-order valence-corrected chi connectivity index (χ0v) is 21.8. The summed E-state index contributed by atoms with van der Waals surface area (Å²) in [6, 6.07) is 0. The van der Waals surface area contributed by atoms with Gasteiger partial charge in [-0.1, -0.05) is 0 Å². The third kappa shape index (κ3) is 6.28. The summed E-state index contributed by atoms with van der Waals surface area (Å²) in [5, 5.41) is 21.7. The molecular formula is C25H28O14. The first kappa shape index (κ1) is 29.4. The molecule has 0 unspecified atom stereocenters. The maximum absolute atomic E-state index is 12.6. The smallest absolute Gasteiger partial charge is 0.303 e. The lowest BCUT2D eigenvalue weighted by molar-refractivity contribution is -0.288. The van der Waals surface area contributed by atoms with E-state index < -0.39 is 95.6 Å². The molecule has 14 heteroatoms. The van der Waals surface area contributed by atoms with Crippen LogP contribution >= 0.6 is 0 Å². The van der Waals surface area contributed by atoms with Crippen LogP contribution in [0.5, 0.6) is 17.2 Å². The molecular weight excluding hydrogens is 524 g/mol. The van der Waals surface area contributed by atoms with E-state index in [-0.39, 0.29) is 24.0 Å². The monoisotopic (exact) mass is 552 g/mol. The number of hydrogen-bond donors (Lipinski definition) is 2. The second-order valence-corrected chi connectivity index (χ2v) is 8.93. The summed E-state index contributed by atoms with van der Waals surface area (Å²) in [7, 11) is 0. The fourth-order valence-electron chi connectivity index (χ4n) is 4.39. The van der Waals surface area contributed by atoms with Crippen LogP contribution in [0.2, 0.25) is 0 Å². The van der Waals surface area contributed by atoms with Crippen molar-refractivity contribution in [3.8, 4) is 17.2 Å². The summed E-state index contributed by atoms with van der Waals surface area (Å²) in [5.41, 5.74) is -0.952. The van der Waals surface area contributed by atoms with Crippen molar-refractivity contribution in [3.05, 3.63) is 16.7 Å². The molecule has 212 valence electrons. The molecule has 14 nitrogen and oxygen atoms in total. The number of ketones is 2. The van der Waals surface area contributed by atoms with Crippen LogP contribution in [0.25, 0.3) is 0 Å². The minimum atomic E-state index is -1.73. The number of hydrogen-bond acceptors (Lipinski definition) is 14. The summed E-state index contributed by atoms with van der Waals surface area (Å²) < 4.78 is 32.6. The lowest BCUT2D eigenvalue weighted by atomic mass is 9.86. The van der Waals surface area contributed by atoms with Gasteiger partial charge in [-0.05, 0) is 6.92 Å². The van der Waals surface area contributed by atoms with E-state index in [4.69, 9.17) is 28.4 Å². The van der Waals surface area contributed by atoms with Gasteiger partial charge in [0.25, 0.3) is 0 Å². The molecule has 2 aliphatic rings. The Morgan fingerprint density at radius 1 is 0.769 bits per heavy atom. The molecule has 1 aromatic carbocycles. The minimum Gasteiger partial charge on any atom is -0.507 e. The maximum atomic E-state index is 12.6. The SMILES string of the molecule is CC(=O)OC[C@H]1O[C@@H](Oc2c(C)c(O)c3c(c2O)C(=O)CCC3=O)[C@H](OC(C)=O)[C@@H](OC(C)=O)[C@@H]1OC(C)=O. The Labute approximate surface area is 222 Å². The summed E-state index contributed by atoms with van der Waals surface area (Å²) in [6.45, 7) is 5.02. The zero-order valence-electron chi connectivity index (χ0n) is 21.8. The summed E-state index contributed by atoms with van der Waals surface area (Å²) in [5.74, 6) is -6.35. The second-order valence-electron chi connectivity index (χ2n) is 8.93. The average Bonchev–Trinajstić information content (AvgIpc) is 2.83. The van der Waals surface area contributed by atoms with Gasteiger partial charge in [-0.3, -0.25) is 28.8 Å². The van der Waals surface area contributed by atoms with Crippen molar-refractivity contribution in [1.82, 2.24) is 0 Å². The van der Waals surface area contributed by atoms with E-state index >= 15 is 0 Å². The van der Waals surface area contributed by atoms with Gasteiger partial charge in [0.2, 0.25) is 12.4 Å². The van der Waals surface area contributed by atoms with E-state index in [0.29, 0.717) is 0 Å². The predicted octanol–water partition coefficient (Wildman–Crippen LogP) is 1.03. The van der Waals surface area contributed by atoms with E-state index in [1.165, 1.54) is 6.92 Å². The van der Waals surface area contributed by atoms with Gasteiger partial charge in [0.05, 0.1) is 11.1 Å². The molecule has 1 aliphatic heterocycles. The van der Waals surface area contributed by atoms with E-state index in [2.05, 4.69) is 0 Å². The van der Waals surface area contributed by atoms with Gasteiger partial charge in [-0.2, -0.15) is 0 Å². The standard InChI is InChI=1S/C25H28O14/c1-9-19(32)17-14(30)6-7-15(31)18(17)20(33)21(9)39-25-24(37-13(5)29)23(36-12(4)28)22(35-11(3)27)16(38-25)8-34-10(2)26/h16,22-25,32-33H,6-8H2,1-5H3/t16-,22-,23+,24-,25+/m1/s1. The first-order valence-corrected chi connectivity index (χ1v) is 11.8. The average molecular weight is 552 g/mol. The molecule has 1 aliphatic carbocycles. The van der Waals surface area contributed by atoms with Gasteiger partial charge in [0.15, 0.2) is 35.3 Å². The van der Waals surface area contributed by atoms with E-state index in [0.717, 1.165) is 27.7 Å². The molecule has 0 bridgehead atoms. The van der Waals surface area contributed by atoms with E-state index in [1.807, 2.05) is 0 Å². The summed E-state index contributed by atoms with van der Waals surface area (Å²) >= 11 is 0. The molecule has 0 radical (unpaired) electrons. The lowest BCUT2D eigenvalue weighted by Crippen LogP contribution is -2.63. The molecule has 0 aromatic heterocycles. The zero-order chi connectivity index (χ0) is 29.2. The van der Waals surface area contributed by atoms with Gasteiger partial charge in [-0.15, -0.1) is 0 Å².